The monoisotopic (exact) mass is 278 g/mol. The molecule has 1 aliphatic rings. The van der Waals surface area contributed by atoms with Crippen LogP contribution in [0.15, 0.2) is 48.5 Å². The summed E-state index contributed by atoms with van der Waals surface area (Å²) in [6.07, 6.45) is 4.49. The first-order chi connectivity index (χ1) is 10.0. The molecule has 1 nitrogen and oxygen atoms in total. The van der Waals surface area contributed by atoms with Crippen LogP contribution in [0.3, 0.4) is 0 Å². The van der Waals surface area contributed by atoms with Crippen molar-refractivity contribution in [3.05, 3.63) is 70.8 Å². The normalized spacial score (nSPS) is 16.9. The van der Waals surface area contributed by atoms with Gasteiger partial charge in [0.2, 0.25) is 0 Å². The lowest BCUT2D eigenvalue weighted by atomic mass is 9.82. The molecule has 2 aromatic carbocycles. The predicted molar refractivity (Wildman–Crippen MR) is 89.0 cm³/mol. The molecule has 0 saturated carbocycles. The Labute approximate surface area is 127 Å². The Balaban J connectivity index is 2.12. The smallest absolute Gasteiger partial charge is 0.123 e. The van der Waals surface area contributed by atoms with Crippen LogP contribution >= 0.6 is 0 Å². The molecule has 0 fully saturated rings. The van der Waals surface area contributed by atoms with E-state index in [9.17, 15) is 0 Å². The van der Waals surface area contributed by atoms with Gasteiger partial charge in [0, 0.05) is 5.92 Å². The van der Waals surface area contributed by atoms with E-state index in [-0.39, 0.29) is 5.41 Å². The molecule has 0 aliphatic heterocycles. The summed E-state index contributed by atoms with van der Waals surface area (Å²) < 4.78 is 5.60. The van der Waals surface area contributed by atoms with E-state index in [2.05, 4.69) is 75.4 Å². The van der Waals surface area contributed by atoms with Crippen LogP contribution in [0.25, 0.3) is 6.08 Å². The number of allylic oxidation sites excluding steroid dienone is 1. The van der Waals surface area contributed by atoms with Crippen LogP contribution in [-0.4, -0.2) is 7.11 Å². The van der Waals surface area contributed by atoms with E-state index in [1.165, 1.54) is 22.3 Å². The molecule has 0 radical (unpaired) electrons. The third kappa shape index (κ3) is 2.49. The number of hydrogen-bond donors (Lipinski definition) is 0. The zero-order valence-electron chi connectivity index (χ0n) is 13.2. The summed E-state index contributed by atoms with van der Waals surface area (Å²) in [7, 11) is 1.75. The molecule has 1 aliphatic carbocycles. The van der Waals surface area contributed by atoms with E-state index in [4.69, 9.17) is 4.74 Å². The predicted octanol–water partition coefficient (Wildman–Crippen LogP) is 5.15. The maximum Gasteiger partial charge on any atom is 0.123 e. The zero-order valence-corrected chi connectivity index (χ0v) is 13.2. The summed E-state index contributed by atoms with van der Waals surface area (Å²) in [6.45, 7) is 6.70. The minimum atomic E-state index is 0.0736. The highest BCUT2D eigenvalue weighted by molar-refractivity contribution is 5.68. The van der Waals surface area contributed by atoms with Crippen LogP contribution in [0.2, 0.25) is 0 Å². The first-order valence-corrected chi connectivity index (χ1v) is 7.46. The Kier molecular flexibility index (Phi) is 3.36. The van der Waals surface area contributed by atoms with Gasteiger partial charge in [-0.25, -0.2) is 0 Å². The molecular formula is C20H22O. The molecule has 1 unspecified atom stereocenters. The quantitative estimate of drug-likeness (QED) is 0.738. The summed E-state index contributed by atoms with van der Waals surface area (Å²) in [6, 6.07) is 15.2. The molecule has 0 aromatic heterocycles. The van der Waals surface area contributed by atoms with Gasteiger partial charge in [-0.2, -0.15) is 0 Å². The zero-order chi connectivity index (χ0) is 15.0. The molecule has 21 heavy (non-hydrogen) atoms. The highest BCUT2D eigenvalue weighted by Crippen LogP contribution is 2.41. The lowest BCUT2D eigenvalue weighted by Gasteiger charge is -2.24. The Hall–Kier alpha value is -2.02. The number of rotatable bonds is 2. The van der Waals surface area contributed by atoms with E-state index in [1.807, 2.05) is 0 Å². The molecule has 0 heterocycles. The van der Waals surface area contributed by atoms with Crippen molar-refractivity contribution in [3.8, 4) is 5.75 Å². The topological polar surface area (TPSA) is 9.23 Å². The van der Waals surface area contributed by atoms with Gasteiger partial charge >= 0.3 is 0 Å². The first kappa shape index (κ1) is 13.9. The fraction of sp³-hybridized carbons (Fsp3) is 0.300. The second kappa shape index (κ2) is 5.07. The number of hydrogen-bond acceptors (Lipinski definition) is 1. The van der Waals surface area contributed by atoms with Gasteiger partial charge < -0.3 is 4.74 Å². The molecule has 1 atom stereocenters. The van der Waals surface area contributed by atoms with Gasteiger partial charge in [-0.3, -0.25) is 0 Å². The standard InChI is InChI=1S/C20H22O/c1-20(2,3)18-13-17-15(12-19(18)21-4)10-11-16(17)14-8-6-5-7-9-14/h5-13,16H,1-4H3. The van der Waals surface area contributed by atoms with E-state index in [1.54, 1.807) is 7.11 Å². The Morgan fingerprint density at radius 3 is 2.33 bits per heavy atom. The summed E-state index contributed by atoms with van der Waals surface area (Å²) in [4.78, 5) is 0. The molecule has 2 aromatic rings. The molecule has 0 saturated heterocycles. The van der Waals surface area contributed by atoms with Crippen molar-refractivity contribution >= 4 is 6.08 Å². The fourth-order valence-electron chi connectivity index (χ4n) is 3.04. The van der Waals surface area contributed by atoms with Crippen molar-refractivity contribution in [2.75, 3.05) is 7.11 Å². The average molecular weight is 278 g/mol. The van der Waals surface area contributed by atoms with Gasteiger partial charge in [-0.05, 0) is 33.7 Å². The number of ether oxygens (including phenoxy) is 1. The Morgan fingerprint density at radius 1 is 1.00 bits per heavy atom. The lowest BCUT2D eigenvalue weighted by molar-refractivity contribution is 0.397. The van der Waals surface area contributed by atoms with Crippen LogP contribution in [0.4, 0.5) is 0 Å². The maximum atomic E-state index is 5.60. The third-order valence-corrected chi connectivity index (χ3v) is 4.18. The second-order valence-corrected chi connectivity index (χ2v) is 6.68. The van der Waals surface area contributed by atoms with E-state index in [0.29, 0.717) is 5.92 Å². The van der Waals surface area contributed by atoms with Gasteiger partial charge in [0.15, 0.2) is 0 Å². The van der Waals surface area contributed by atoms with Gasteiger partial charge in [-0.1, -0.05) is 69.3 Å². The summed E-state index contributed by atoms with van der Waals surface area (Å²) in [5.41, 5.74) is 5.34. The second-order valence-electron chi connectivity index (χ2n) is 6.68. The van der Waals surface area contributed by atoms with Crippen LogP contribution in [0.1, 0.15) is 48.9 Å². The number of benzene rings is 2. The lowest BCUT2D eigenvalue weighted by Crippen LogP contribution is -2.14. The van der Waals surface area contributed by atoms with Crippen molar-refractivity contribution in [1.82, 2.24) is 0 Å². The van der Waals surface area contributed by atoms with Gasteiger partial charge in [-0.15, -0.1) is 0 Å². The molecule has 3 rings (SSSR count). The number of fused-ring (bicyclic) bond motifs is 1. The molecule has 0 N–H and O–H groups in total. The highest BCUT2D eigenvalue weighted by atomic mass is 16.5. The molecule has 0 amide bonds. The first-order valence-electron chi connectivity index (χ1n) is 7.46. The van der Waals surface area contributed by atoms with Crippen LogP contribution in [0.5, 0.6) is 5.75 Å². The van der Waals surface area contributed by atoms with Crippen molar-refractivity contribution in [2.45, 2.75) is 32.1 Å². The minimum absolute atomic E-state index is 0.0736. The van der Waals surface area contributed by atoms with Gasteiger partial charge in [0.25, 0.3) is 0 Å². The summed E-state index contributed by atoms with van der Waals surface area (Å²) in [5, 5.41) is 0. The van der Waals surface area contributed by atoms with Crippen molar-refractivity contribution in [3.63, 3.8) is 0 Å². The SMILES string of the molecule is COc1cc2c(cc1C(C)(C)C)C(c1ccccc1)C=C2. The van der Waals surface area contributed by atoms with E-state index >= 15 is 0 Å². The van der Waals surface area contributed by atoms with Crippen molar-refractivity contribution in [1.29, 1.82) is 0 Å². The molecule has 0 spiro atoms. The van der Waals surface area contributed by atoms with E-state index in [0.717, 1.165) is 5.75 Å². The van der Waals surface area contributed by atoms with E-state index < -0.39 is 0 Å². The summed E-state index contributed by atoms with van der Waals surface area (Å²) >= 11 is 0. The Bertz CT molecular complexity index is 675. The summed E-state index contributed by atoms with van der Waals surface area (Å²) in [5.74, 6) is 1.34. The van der Waals surface area contributed by atoms with Gasteiger partial charge in [0.05, 0.1) is 7.11 Å². The highest BCUT2D eigenvalue weighted by Gasteiger charge is 2.25. The third-order valence-electron chi connectivity index (χ3n) is 4.18. The molecular weight excluding hydrogens is 256 g/mol. The van der Waals surface area contributed by atoms with Crippen molar-refractivity contribution in [2.24, 2.45) is 0 Å². The van der Waals surface area contributed by atoms with Crippen LogP contribution in [0, 0.1) is 0 Å². The number of methoxy groups -OCH3 is 1. The maximum absolute atomic E-state index is 5.60. The van der Waals surface area contributed by atoms with Crippen LogP contribution < -0.4 is 4.74 Å². The molecule has 0 bridgehead atoms. The average Bonchev–Trinajstić information content (AvgIpc) is 2.88. The van der Waals surface area contributed by atoms with Crippen LogP contribution in [-0.2, 0) is 5.41 Å². The van der Waals surface area contributed by atoms with Gasteiger partial charge in [0.1, 0.15) is 5.75 Å². The minimum Gasteiger partial charge on any atom is -0.496 e. The fourth-order valence-corrected chi connectivity index (χ4v) is 3.04. The van der Waals surface area contributed by atoms with Crippen molar-refractivity contribution < 1.29 is 4.74 Å². The largest absolute Gasteiger partial charge is 0.496 e. The molecule has 108 valence electrons. The Morgan fingerprint density at radius 2 is 1.71 bits per heavy atom. The molecule has 1 heteroatoms.